The van der Waals surface area contributed by atoms with Gasteiger partial charge in [0.25, 0.3) is 5.91 Å². The van der Waals surface area contributed by atoms with Crippen molar-refractivity contribution in [2.75, 3.05) is 27.9 Å². The van der Waals surface area contributed by atoms with Crippen molar-refractivity contribution in [1.82, 2.24) is 9.88 Å². The van der Waals surface area contributed by atoms with Crippen LogP contribution in [0.3, 0.4) is 0 Å². The van der Waals surface area contributed by atoms with Gasteiger partial charge in [0.05, 0.1) is 26.8 Å². The zero-order valence-corrected chi connectivity index (χ0v) is 20.2. The summed E-state index contributed by atoms with van der Waals surface area (Å²) in [6, 6.07) is 15.9. The third-order valence-corrected chi connectivity index (χ3v) is 8.05. The molecule has 1 saturated heterocycles. The fourth-order valence-corrected chi connectivity index (χ4v) is 6.31. The summed E-state index contributed by atoms with van der Waals surface area (Å²) in [4.78, 5) is 32.1. The molecule has 7 heteroatoms. The molecule has 2 aliphatic carbocycles. The van der Waals surface area contributed by atoms with Crippen LogP contribution in [0.4, 0.5) is 0 Å². The summed E-state index contributed by atoms with van der Waals surface area (Å²) in [6.07, 6.45) is 2.63. The lowest BCUT2D eigenvalue weighted by Crippen LogP contribution is -2.33. The van der Waals surface area contributed by atoms with E-state index in [1.54, 1.807) is 38.4 Å². The Morgan fingerprint density at radius 1 is 0.972 bits per heavy atom. The van der Waals surface area contributed by atoms with Gasteiger partial charge in [0.1, 0.15) is 5.69 Å². The molecule has 180 valence electrons. The van der Waals surface area contributed by atoms with Gasteiger partial charge >= 0.3 is 0 Å². The minimum Gasteiger partial charge on any atom is -0.493 e. The fourth-order valence-electron chi connectivity index (χ4n) is 6.31. The molecule has 3 aromatic carbocycles. The van der Waals surface area contributed by atoms with Crippen LogP contribution in [0.2, 0.25) is 0 Å². The standard InChI is InChI=1S/C29H24N2O5/c1-34-23-11-17-10-21(30-25(17)27(36-3)26(23)35-2)28(33)31-14-18-13-29(18)20-9-16-7-5-4-6-15(16)8-19(20)22(32)12-24(29)31/h4-12,18,30H,13-14H2,1-3H3/t18-,29-/m1/s1. The van der Waals surface area contributed by atoms with Gasteiger partial charge in [-0.3, -0.25) is 9.59 Å². The molecule has 0 unspecified atom stereocenters. The molecule has 0 bridgehead atoms. The number of amides is 1. The molecule has 1 aromatic heterocycles. The lowest BCUT2D eigenvalue weighted by Gasteiger charge is -2.29. The maximum Gasteiger partial charge on any atom is 0.274 e. The van der Waals surface area contributed by atoms with E-state index in [1.165, 1.54) is 0 Å². The molecule has 4 aromatic rings. The summed E-state index contributed by atoms with van der Waals surface area (Å²) in [6.45, 7) is 0.587. The summed E-state index contributed by atoms with van der Waals surface area (Å²) < 4.78 is 16.5. The van der Waals surface area contributed by atoms with Crippen molar-refractivity contribution in [3.05, 3.63) is 77.1 Å². The van der Waals surface area contributed by atoms with Crippen LogP contribution in [0.1, 0.15) is 32.8 Å². The summed E-state index contributed by atoms with van der Waals surface area (Å²) in [5, 5.41) is 2.94. The van der Waals surface area contributed by atoms with Gasteiger partial charge in [-0.15, -0.1) is 0 Å². The van der Waals surface area contributed by atoms with Gasteiger partial charge in [-0.1, -0.05) is 24.3 Å². The van der Waals surface area contributed by atoms with Gasteiger partial charge in [0.15, 0.2) is 17.3 Å². The Kier molecular flexibility index (Phi) is 4.17. The van der Waals surface area contributed by atoms with Crippen LogP contribution >= 0.6 is 0 Å². The second-order valence-corrected chi connectivity index (χ2v) is 9.72. The van der Waals surface area contributed by atoms with Gasteiger partial charge in [0, 0.05) is 34.7 Å². The first-order valence-corrected chi connectivity index (χ1v) is 11.9. The van der Waals surface area contributed by atoms with E-state index >= 15 is 0 Å². The zero-order chi connectivity index (χ0) is 24.8. The van der Waals surface area contributed by atoms with E-state index in [0.29, 0.717) is 40.9 Å². The average Bonchev–Trinajstić information content (AvgIpc) is 3.29. The molecule has 36 heavy (non-hydrogen) atoms. The Labute approximate surface area is 207 Å². The SMILES string of the molecule is COc1cc2cc(C(=O)N3C[C@H]4C[C@@]45C3=CC(=O)c3cc4ccccc4cc35)[nH]c2c(OC)c1OC. The molecule has 1 aliphatic heterocycles. The molecule has 7 rings (SSSR count). The van der Waals surface area contributed by atoms with Crippen LogP contribution < -0.4 is 14.2 Å². The number of ether oxygens (including phenoxy) is 3. The molecule has 2 fully saturated rings. The number of H-pyrrole nitrogens is 1. The van der Waals surface area contributed by atoms with Crippen molar-refractivity contribution < 1.29 is 23.8 Å². The summed E-state index contributed by atoms with van der Waals surface area (Å²) in [5.41, 5.74) is 3.43. The highest BCUT2D eigenvalue weighted by atomic mass is 16.5. The number of hydrogen-bond acceptors (Lipinski definition) is 5. The quantitative estimate of drug-likeness (QED) is 0.452. The molecular weight excluding hydrogens is 456 g/mol. The molecule has 2 heterocycles. The van der Waals surface area contributed by atoms with E-state index < -0.39 is 0 Å². The molecule has 1 N–H and O–H groups in total. The lowest BCUT2D eigenvalue weighted by atomic mass is 9.80. The van der Waals surface area contributed by atoms with Crippen molar-refractivity contribution in [2.45, 2.75) is 11.8 Å². The molecule has 1 amide bonds. The van der Waals surface area contributed by atoms with Gasteiger partial charge in [-0.2, -0.15) is 0 Å². The topological polar surface area (TPSA) is 80.9 Å². The largest absolute Gasteiger partial charge is 0.493 e. The Bertz CT molecular complexity index is 1670. The minimum absolute atomic E-state index is 0.0467. The van der Waals surface area contributed by atoms with Gasteiger partial charge in [-0.25, -0.2) is 0 Å². The number of nitrogens with one attached hydrogen (secondary N) is 1. The number of fused-ring (bicyclic) bond motifs is 3. The molecule has 3 aliphatic rings. The number of methoxy groups -OCH3 is 3. The monoisotopic (exact) mass is 480 g/mol. The molecule has 0 radical (unpaired) electrons. The summed E-state index contributed by atoms with van der Waals surface area (Å²) >= 11 is 0. The smallest absolute Gasteiger partial charge is 0.274 e. The first kappa shape index (κ1) is 21.1. The van der Waals surface area contributed by atoms with E-state index in [1.807, 2.05) is 30.3 Å². The Morgan fingerprint density at radius 3 is 2.44 bits per heavy atom. The molecule has 7 nitrogen and oxygen atoms in total. The number of allylic oxidation sites excluding steroid dienone is 2. The van der Waals surface area contributed by atoms with Crippen molar-refractivity contribution in [3.63, 3.8) is 0 Å². The number of piperidine rings is 1. The van der Waals surface area contributed by atoms with Crippen molar-refractivity contribution in [1.29, 1.82) is 0 Å². The van der Waals surface area contributed by atoms with E-state index in [-0.39, 0.29) is 17.1 Å². The minimum atomic E-state index is -0.265. The maximum absolute atomic E-state index is 13.8. The Hall–Kier alpha value is -4.26. The van der Waals surface area contributed by atoms with Crippen LogP contribution in [-0.2, 0) is 5.41 Å². The van der Waals surface area contributed by atoms with Crippen LogP contribution in [0.5, 0.6) is 17.2 Å². The number of aromatic nitrogens is 1. The zero-order valence-electron chi connectivity index (χ0n) is 20.2. The van der Waals surface area contributed by atoms with Crippen LogP contribution in [-0.4, -0.2) is 49.4 Å². The highest BCUT2D eigenvalue weighted by molar-refractivity contribution is 6.12. The van der Waals surface area contributed by atoms with E-state index in [4.69, 9.17) is 14.2 Å². The second kappa shape index (κ2) is 7.13. The van der Waals surface area contributed by atoms with Crippen molar-refractivity contribution in [3.8, 4) is 17.2 Å². The van der Waals surface area contributed by atoms with E-state index in [0.717, 1.165) is 39.4 Å². The summed E-state index contributed by atoms with van der Waals surface area (Å²) in [7, 11) is 4.66. The Balaban J connectivity index is 1.31. The maximum atomic E-state index is 13.8. The van der Waals surface area contributed by atoms with Gasteiger partial charge < -0.3 is 24.1 Å². The summed E-state index contributed by atoms with van der Waals surface area (Å²) in [5.74, 6) is 1.54. The third-order valence-electron chi connectivity index (χ3n) is 8.05. The number of hydrogen-bond donors (Lipinski definition) is 1. The van der Waals surface area contributed by atoms with Crippen LogP contribution in [0.25, 0.3) is 21.7 Å². The third kappa shape index (κ3) is 2.57. The van der Waals surface area contributed by atoms with Crippen LogP contribution in [0, 0.1) is 5.92 Å². The predicted molar refractivity (Wildman–Crippen MR) is 135 cm³/mol. The number of carbonyl (C=O) groups is 2. The first-order valence-electron chi connectivity index (χ1n) is 11.9. The Morgan fingerprint density at radius 2 is 1.72 bits per heavy atom. The van der Waals surface area contributed by atoms with Gasteiger partial charge in [-0.05, 0) is 52.9 Å². The molecular formula is C29H24N2O5. The number of ketones is 1. The number of carbonyl (C=O) groups excluding carboxylic acids is 2. The normalized spacial score (nSPS) is 21.6. The second-order valence-electron chi connectivity index (χ2n) is 9.72. The highest BCUT2D eigenvalue weighted by Crippen LogP contribution is 2.67. The van der Waals surface area contributed by atoms with E-state index in [2.05, 4.69) is 17.1 Å². The average molecular weight is 481 g/mol. The van der Waals surface area contributed by atoms with Crippen molar-refractivity contribution in [2.24, 2.45) is 5.92 Å². The van der Waals surface area contributed by atoms with Crippen LogP contribution in [0.15, 0.2) is 60.3 Å². The number of aromatic amines is 1. The van der Waals surface area contributed by atoms with E-state index in [9.17, 15) is 9.59 Å². The fraction of sp³-hybridized carbons (Fsp3) is 0.241. The molecule has 1 saturated carbocycles. The lowest BCUT2D eigenvalue weighted by molar-refractivity contribution is 0.0806. The molecule has 1 spiro atoms. The predicted octanol–water partition coefficient (Wildman–Crippen LogP) is 4.84. The number of benzene rings is 3. The highest BCUT2D eigenvalue weighted by Gasteiger charge is 2.67. The number of nitrogens with zero attached hydrogens (tertiary/aromatic N) is 1. The van der Waals surface area contributed by atoms with Gasteiger partial charge in [0.2, 0.25) is 5.75 Å². The first-order chi connectivity index (χ1) is 17.5. The van der Waals surface area contributed by atoms with Crippen molar-refractivity contribution >= 4 is 33.4 Å². The molecule has 2 atom stereocenters. The number of rotatable bonds is 4. The number of likely N-dealkylation sites (tertiary alicyclic amines) is 1.